The molecule has 3 rings (SSSR count). The summed E-state index contributed by atoms with van der Waals surface area (Å²) in [5.41, 5.74) is 2.66. The van der Waals surface area contributed by atoms with Crippen LogP contribution in [0.15, 0.2) is 48.5 Å². The highest BCUT2D eigenvalue weighted by atomic mass is 16.5. The number of carbonyl (C=O) groups excluding carboxylic acids is 1. The molecule has 140 valence electrons. The maximum atomic E-state index is 11.9. The second-order valence-electron chi connectivity index (χ2n) is 6.89. The minimum absolute atomic E-state index is 0.0155. The molecule has 0 bridgehead atoms. The highest BCUT2D eigenvalue weighted by molar-refractivity contribution is 5.92. The van der Waals surface area contributed by atoms with Crippen LogP contribution in [0.1, 0.15) is 37.8 Å². The van der Waals surface area contributed by atoms with Gasteiger partial charge in [0.25, 0.3) is 0 Å². The third kappa shape index (κ3) is 6.16. The molecule has 0 spiro atoms. The number of hydrogen-bond acceptors (Lipinski definition) is 3. The molecule has 2 N–H and O–H groups in total. The maximum Gasteiger partial charge on any atom is 0.227 e. The fourth-order valence-corrected chi connectivity index (χ4v) is 2.47. The van der Waals surface area contributed by atoms with Crippen LogP contribution in [0.4, 0.5) is 5.69 Å². The van der Waals surface area contributed by atoms with Crippen LogP contribution in [-0.4, -0.2) is 25.1 Å². The van der Waals surface area contributed by atoms with Crippen molar-refractivity contribution in [1.82, 2.24) is 5.32 Å². The normalized spacial score (nSPS) is 16.0. The van der Waals surface area contributed by atoms with Gasteiger partial charge in [-0.3, -0.25) is 4.79 Å². The summed E-state index contributed by atoms with van der Waals surface area (Å²) < 4.78 is 5.72. The van der Waals surface area contributed by atoms with E-state index in [2.05, 4.69) is 22.5 Å². The van der Waals surface area contributed by atoms with Gasteiger partial charge in [-0.05, 0) is 61.4 Å². The Bertz CT molecular complexity index is 812. The van der Waals surface area contributed by atoms with Crippen molar-refractivity contribution < 1.29 is 9.53 Å². The van der Waals surface area contributed by atoms with E-state index in [0.717, 1.165) is 48.6 Å². The summed E-state index contributed by atoms with van der Waals surface area (Å²) in [6.45, 7) is 5.79. The van der Waals surface area contributed by atoms with Crippen molar-refractivity contribution in [3.8, 4) is 17.6 Å². The lowest BCUT2D eigenvalue weighted by atomic mass is 10.1. The average Bonchev–Trinajstić information content (AvgIpc) is 3.52. The van der Waals surface area contributed by atoms with Crippen molar-refractivity contribution in [3.05, 3.63) is 59.7 Å². The van der Waals surface area contributed by atoms with Gasteiger partial charge in [-0.15, -0.1) is 0 Å². The number of carbonyl (C=O) groups is 1. The Balaban J connectivity index is 1.52. The quantitative estimate of drug-likeness (QED) is 0.582. The summed E-state index contributed by atoms with van der Waals surface area (Å²) in [5, 5.41) is 6.19. The molecule has 1 aliphatic rings. The molecule has 0 radical (unpaired) electrons. The first-order valence-electron chi connectivity index (χ1n) is 9.53. The number of benzene rings is 2. The van der Waals surface area contributed by atoms with Crippen molar-refractivity contribution >= 4 is 11.6 Å². The van der Waals surface area contributed by atoms with Gasteiger partial charge in [-0.2, -0.15) is 0 Å². The van der Waals surface area contributed by atoms with Gasteiger partial charge in [0.15, 0.2) is 0 Å². The lowest BCUT2D eigenvalue weighted by Crippen LogP contribution is -2.19. The molecule has 1 aliphatic heterocycles. The topological polar surface area (TPSA) is 60.3 Å². The van der Waals surface area contributed by atoms with E-state index in [4.69, 9.17) is 4.74 Å². The molecule has 2 atom stereocenters. The second kappa shape index (κ2) is 9.25. The average molecular weight is 362 g/mol. The van der Waals surface area contributed by atoms with E-state index in [0.29, 0.717) is 6.04 Å². The first-order valence-corrected chi connectivity index (χ1v) is 9.53. The van der Waals surface area contributed by atoms with Gasteiger partial charge in [-0.1, -0.05) is 25.7 Å². The summed E-state index contributed by atoms with van der Waals surface area (Å²) in [5.74, 6) is 7.25. The lowest BCUT2D eigenvalue weighted by Gasteiger charge is -2.09. The van der Waals surface area contributed by atoms with E-state index >= 15 is 0 Å². The third-order valence-corrected chi connectivity index (χ3v) is 4.65. The number of anilines is 1. The zero-order valence-electron chi connectivity index (χ0n) is 15.9. The van der Waals surface area contributed by atoms with E-state index in [1.54, 1.807) is 0 Å². The molecule has 2 unspecified atom stereocenters. The lowest BCUT2D eigenvalue weighted by molar-refractivity contribution is -0.119. The van der Waals surface area contributed by atoms with Crippen LogP contribution in [0, 0.1) is 17.8 Å². The zero-order valence-corrected chi connectivity index (χ0v) is 15.9. The highest BCUT2D eigenvalue weighted by Crippen LogP contribution is 2.14. The minimum atomic E-state index is 0.0155. The van der Waals surface area contributed by atoms with Crippen LogP contribution in [-0.2, 0) is 4.79 Å². The van der Waals surface area contributed by atoms with Crippen LogP contribution in [0.25, 0.3) is 0 Å². The summed E-state index contributed by atoms with van der Waals surface area (Å²) in [6, 6.07) is 16.1. The monoisotopic (exact) mass is 362 g/mol. The molecular weight excluding hydrogens is 336 g/mol. The molecule has 2 aromatic rings. The molecule has 1 fully saturated rings. The van der Waals surface area contributed by atoms with Crippen LogP contribution in [0.3, 0.4) is 0 Å². The molecule has 1 heterocycles. The molecule has 0 saturated carbocycles. The van der Waals surface area contributed by atoms with Crippen molar-refractivity contribution in [2.45, 2.75) is 32.7 Å². The highest BCUT2D eigenvalue weighted by Gasteiger charge is 2.19. The van der Waals surface area contributed by atoms with Gasteiger partial charge < -0.3 is 15.4 Å². The summed E-state index contributed by atoms with van der Waals surface area (Å²) in [7, 11) is 0. The summed E-state index contributed by atoms with van der Waals surface area (Å²) >= 11 is 0. The predicted octanol–water partition coefficient (Wildman–Crippen LogP) is 3.81. The molecule has 0 aliphatic carbocycles. The van der Waals surface area contributed by atoms with Gasteiger partial charge in [0.05, 0.1) is 6.61 Å². The zero-order chi connectivity index (χ0) is 19.1. The molecule has 1 amide bonds. The van der Waals surface area contributed by atoms with Crippen LogP contribution < -0.4 is 15.4 Å². The Morgan fingerprint density at radius 2 is 1.74 bits per heavy atom. The van der Waals surface area contributed by atoms with Gasteiger partial charge >= 0.3 is 0 Å². The number of ether oxygens (including phenoxy) is 1. The number of amides is 1. The van der Waals surface area contributed by atoms with E-state index in [1.807, 2.05) is 62.4 Å². The Hall–Kier alpha value is -2.77. The summed E-state index contributed by atoms with van der Waals surface area (Å²) in [6.07, 6.45) is 1.88. The first-order chi connectivity index (χ1) is 13.1. The van der Waals surface area contributed by atoms with Gasteiger partial charge in [-0.25, -0.2) is 0 Å². The fraction of sp³-hybridized carbons (Fsp3) is 0.348. The van der Waals surface area contributed by atoms with Gasteiger partial charge in [0.2, 0.25) is 5.91 Å². The number of rotatable bonds is 7. The largest absolute Gasteiger partial charge is 0.494 e. The Morgan fingerprint density at radius 1 is 1.15 bits per heavy atom. The Morgan fingerprint density at radius 3 is 2.30 bits per heavy atom. The number of nitrogens with one attached hydrogen (secondary N) is 2. The third-order valence-electron chi connectivity index (χ3n) is 4.65. The van der Waals surface area contributed by atoms with Crippen molar-refractivity contribution in [2.75, 3.05) is 18.5 Å². The van der Waals surface area contributed by atoms with E-state index in [-0.39, 0.29) is 11.8 Å². The standard InChI is InChI=1S/C23H26N2O2/c1-3-17(2)23(26)25-20-10-6-18(7-11-20)4-5-19-8-12-22(13-9-19)27-15-14-21-16-24-21/h6-13,17,21,24H,3,14-16H2,1-2H3,(H,25,26). The van der Waals surface area contributed by atoms with E-state index in [1.165, 1.54) is 0 Å². The Kier molecular flexibility index (Phi) is 6.51. The predicted molar refractivity (Wildman–Crippen MR) is 109 cm³/mol. The van der Waals surface area contributed by atoms with Gasteiger partial charge in [0, 0.05) is 35.3 Å². The minimum Gasteiger partial charge on any atom is -0.494 e. The van der Waals surface area contributed by atoms with E-state index < -0.39 is 0 Å². The molecule has 27 heavy (non-hydrogen) atoms. The van der Waals surface area contributed by atoms with Crippen molar-refractivity contribution in [3.63, 3.8) is 0 Å². The van der Waals surface area contributed by atoms with Crippen LogP contribution in [0.5, 0.6) is 5.75 Å². The molecule has 0 aromatic heterocycles. The van der Waals surface area contributed by atoms with Crippen molar-refractivity contribution in [2.24, 2.45) is 5.92 Å². The van der Waals surface area contributed by atoms with E-state index in [9.17, 15) is 4.79 Å². The Labute approximate surface area is 161 Å². The molecule has 4 nitrogen and oxygen atoms in total. The SMILES string of the molecule is CCC(C)C(=O)Nc1ccc(C#Cc2ccc(OCCC3CN3)cc2)cc1. The first kappa shape index (κ1) is 19.0. The fourth-order valence-electron chi connectivity index (χ4n) is 2.47. The van der Waals surface area contributed by atoms with Crippen LogP contribution in [0.2, 0.25) is 0 Å². The molecule has 2 aromatic carbocycles. The van der Waals surface area contributed by atoms with Gasteiger partial charge in [0.1, 0.15) is 5.75 Å². The molecule has 4 heteroatoms. The van der Waals surface area contributed by atoms with Crippen molar-refractivity contribution in [1.29, 1.82) is 0 Å². The smallest absolute Gasteiger partial charge is 0.227 e. The molecular formula is C23H26N2O2. The maximum absolute atomic E-state index is 11.9. The van der Waals surface area contributed by atoms with Crippen LogP contribution >= 0.6 is 0 Å². The second-order valence-corrected chi connectivity index (χ2v) is 6.89. The summed E-state index contributed by atoms with van der Waals surface area (Å²) in [4.78, 5) is 11.9. The number of hydrogen-bond donors (Lipinski definition) is 2. The molecule has 1 saturated heterocycles.